The molecule has 0 fully saturated rings. The molecule has 104 valence electrons. The Bertz CT molecular complexity index is 610. The summed E-state index contributed by atoms with van der Waals surface area (Å²) in [5.74, 6) is 1.87. The molecule has 0 aliphatic carbocycles. The van der Waals surface area contributed by atoms with Crippen LogP contribution in [-0.4, -0.2) is 13.7 Å². The highest BCUT2D eigenvalue weighted by atomic mass is 16.5. The normalized spacial score (nSPS) is 16.4. The lowest BCUT2D eigenvalue weighted by Gasteiger charge is -2.16. The summed E-state index contributed by atoms with van der Waals surface area (Å²) < 4.78 is 11.0. The highest BCUT2D eigenvalue weighted by molar-refractivity contribution is 5.61. The van der Waals surface area contributed by atoms with Gasteiger partial charge in [0.25, 0.3) is 0 Å². The topological polar surface area (TPSA) is 30.5 Å². The van der Waals surface area contributed by atoms with Crippen LogP contribution in [0.5, 0.6) is 11.5 Å². The summed E-state index contributed by atoms with van der Waals surface area (Å²) in [5.41, 5.74) is 3.69. The van der Waals surface area contributed by atoms with Gasteiger partial charge in [-0.05, 0) is 43.2 Å². The van der Waals surface area contributed by atoms with Gasteiger partial charge in [0.05, 0.1) is 19.8 Å². The van der Waals surface area contributed by atoms with Crippen LogP contribution in [0.25, 0.3) is 0 Å². The Kier molecular flexibility index (Phi) is 3.50. The van der Waals surface area contributed by atoms with Gasteiger partial charge in [-0.1, -0.05) is 18.2 Å². The zero-order chi connectivity index (χ0) is 13.9. The third-order valence-electron chi connectivity index (χ3n) is 3.66. The summed E-state index contributed by atoms with van der Waals surface area (Å²) in [5, 5.41) is 3.57. The van der Waals surface area contributed by atoms with E-state index in [4.69, 9.17) is 9.47 Å². The molecule has 0 spiro atoms. The average Bonchev–Trinajstić information content (AvgIpc) is 2.90. The first-order chi connectivity index (χ1) is 9.81. The van der Waals surface area contributed by atoms with Crippen molar-refractivity contribution in [1.29, 1.82) is 0 Å². The first kappa shape index (κ1) is 12.9. The molecule has 1 aliphatic heterocycles. The second kappa shape index (κ2) is 5.45. The number of nitrogens with one attached hydrogen (secondary N) is 1. The molecule has 1 unspecified atom stereocenters. The van der Waals surface area contributed by atoms with Crippen LogP contribution in [0.3, 0.4) is 0 Å². The number of methoxy groups -OCH3 is 1. The third-order valence-corrected chi connectivity index (χ3v) is 3.66. The summed E-state index contributed by atoms with van der Waals surface area (Å²) in [6, 6.07) is 14.7. The molecular formula is C17H19NO2. The molecule has 1 atom stereocenters. The Labute approximate surface area is 119 Å². The number of hydrogen-bond donors (Lipinski definition) is 1. The Morgan fingerprint density at radius 3 is 2.85 bits per heavy atom. The minimum absolute atomic E-state index is 0.264. The van der Waals surface area contributed by atoms with Crippen molar-refractivity contribution >= 4 is 5.69 Å². The molecule has 0 bridgehead atoms. The lowest BCUT2D eigenvalue weighted by Crippen LogP contribution is -2.08. The molecule has 3 nitrogen and oxygen atoms in total. The number of fused-ring (bicyclic) bond motifs is 1. The quantitative estimate of drug-likeness (QED) is 0.915. The third kappa shape index (κ3) is 2.31. The lowest BCUT2D eigenvalue weighted by molar-refractivity contribution is 0.335. The fourth-order valence-electron chi connectivity index (χ4n) is 2.71. The summed E-state index contributed by atoms with van der Waals surface area (Å²) in [4.78, 5) is 0. The largest absolute Gasteiger partial charge is 0.497 e. The first-order valence-corrected chi connectivity index (χ1v) is 6.97. The van der Waals surface area contributed by atoms with E-state index in [0.29, 0.717) is 6.61 Å². The molecule has 2 aromatic carbocycles. The molecule has 0 saturated heterocycles. The predicted molar refractivity (Wildman–Crippen MR) is 80.7 cm³/mol. The van der Waals surface area contributed by atoms with Crippen molar-refractivity contribution in [3.8, 4) is 11.5 Å². The van der Waals surface area contributed by atoms with Crippen molar-refractivity contribution in [2.24, 2.45) is 0 Å². The number of para-hydroxylation sites is 1. The van der Waals surface area contributed by atoms with Gasteiger partial charge in [-0.25, -0.2) is 0 Å². The van der Waals surface area contributed by atoms with E-state index in [0.717, 1.165) is 17.9 Å². The molecule has 1 N–H and O–H groups in total. The highest BCUT2D eigenvalue weighted by Crippen LogP contribution is 2.39. The van der Waals surface area contributed by atoms with Crippen molar-refractivity contribution in [3.63, 3.8) is 0 Å². The van der Waals surface area contributed by atoms with E-state index < -0.39 is 0 Å². The van der Waals surface area contributed by atoms with Crippen molar-refractivity contribution in [2.75, 3.05) is 19.0 Å². The van der Waals surface area contributed by atoms with Crippen LogP contribution in [-0.2, 0) is 6.42 Å². The van der Waals surface area contributed by atoms with Gasteiger partial charge < -0.3 is 14.8 Å². The van der Waals surface area contributed by atoms with E-state index in [1.807, 2.05) is 25.1 Å². The van der Waals surface area contributed by atoms with E-state index >= 15 is 0 Å². The number of hydrogen-bond acceptors (Lipinski definition) is 3. The van der Waals surface area contributed by atoms with Gasteiger partial charge in [0.1, 0.15) is 11.5 Å². The SMILES string of the molecule is CCOc1ccccc1C1Cc2cc(OC)ccc2N1. The highest BCUT2D eigenvalue weighted by Gasteiger charge is 2.24. The first-order valence-electron chi connectivity index (χ1n) is 6.97. The zero-order valence-electron chi connectivity index (χ0n) is 11.8. The van der Waals surface area contributed by atoms with Crippen molar-refractivity contribution in [1.82, 2.24) is 0 Å². The van der Waals surface area contributed by atoms with Crippen molar-refractivity contribution in [2.45, 2.75) is 19.4 Å². The summed E-state index contributed by atoms with van der Waals surface area (Å²) in [6.07, 6.45) is 0.955. The fourth-order valence-corrected chi connectivity index (χ4v) is 2.71. The Morgan fingerprint density at radius 1 is 1.20 bits per heavy atom. The van der Waals surface area contributed by atoms with Crippen LogP contribution >= 0.6 is 0 Å². The Balaban J connectivity index is 1.88. The molecule has 1 heterocycles. The lowest BCUT2D eigenvalue weighted by atomic mass is 10.0. The number of rotatable bonds is 4. The van der Waals surface area contributed by atoms with Gasteiger partial charge in [-0.3, -0.25) is 0 Å². The Morgan fingerprint density at radius 2 is 2.05 bits per heavy atom. The summed E-state index contributed by atoms with van der Waals surface area (Å²) >= 11 is 0. The second-order valence-electron chi connectivity index (χ2n) is 4.89. The maximum Gasteiger partial charge on any atom is 0.124 e. The van der Waals surface area contributed by atoms with Crippen LogP contribution in [0.2, 0.25) is 0 Å². The second-order valence-corrected chi connectivity index (χ2v) is 4.89. The van der Waals surface area contributed by atoms with Gasteiger partial charge in [0, 0.05) is 11.3 Å². The standard InChI is InChI=1S/C17H19NO2/c1-3-20-17-7-5-4-6-14(17)16-11-12-10-13(19-2)8-9-15(12)18-16/h4-10,16,18H,3,11H2,1-2H3. The smallest absolute Gasteiger partial charge is 0.124 e. The Hall–Kier alpha value is -2.16. The summed E-state index contributed by atoms with van der Waals surface area (Å²) in [6.45, 7) is 2.70. The van der Waals surface area contributed by atoms with E-state index in [1.54, 1.807) is 7.11 Å². The van der Waals surface area contributed by atoms with E-state index in [2.05, 4.69) is 29.6 Å². The fraction of sp³-hybridized carbons (Fsp3) is 0.294. The van der Waals surface area contributed by atoms with Gasteiger partial charge in [-0.2, -0.15) is 0 Å². The van der Waals surface area contributed by atoms with Gasteiger partial charge in [-0.15, -0.1) is 0 Å². The van der Waals surface area contributed by atoms with Crippen molar-refractivity contribution in [3.05, 3.63) is 53.6 Å². The zero-order valence-corrected chi connectivity index (χ0v) is 11.8. The van der Waals surface area contributed by atoms with E-state index in [1.165, 1.54) is 16.8 Å². The molecule has 3 heteroatoms. The predicted octanol–water partition coefficient (Wildman–Crippen LogP) is 3.80. The maximum absolute atomic E-state index is 5.73. The molecule has 0 saturated carbocycles. The molecule has 2 aromatic rings. The van der Waals surface area contributed by atoms with Crippen LogP contribution in [0.15, 0.2) is 42.5 Å². The van der Waals surface area contributed by atoms with Crippen LogP contribution < -0.4 is 14.8 Å². The van der Waals surface area contributed by atoms with Crippen LogP contribution in [0, 0.1) is 0 Å². The number of anilines is 1. The van der Waals surface area contributed by atoms with Gasteiger partial charge in [0.2, 0.25) is 0 Å². The molecule has 0 amide bonds. The number of ether oxygens (including phenoxy) is 2. The molecular weight excluding hydrogens is 250 g/mol. The van der Waals surface area contributed by atoms with Gasteiger partial charge in [0.15, 0.2) is 0 Å². The van der Waals surface area contributed by atoms with Crippen molar-refractivity contribution < 1.29 is 9.47 Å². The minimum Gasteiger partial charge on any atom is -0.497 e. The molecule has 0 aromatic heterocycles. The van der Waals surface area contributed by atoms with Crippen LogP contribution in [0.4, 0.5) is 5.69 Å². The molecule has 0 radical (unpaired) electrons. The molecule has 3 rings (SSSR count). The monoisotopic (exact) mass is 269 g/mol. The van der Waals surface area contributed by atoms with E-state index in [9.17, 15) is 0 Å². The van der Waals surface area contributed by atoms with Crippen LogP contribution in [0.1, 0.15) is 24.1 Å². The number of benzene rings is 2. The molecule has 1 aliphatic rings. The maximum atomic E-state index is 5.73. The minimum atomic E-state index is 0.264. The average molecular weight is 269 g/mol. The molecule has 20 heavy (non-hydrogen) atoms. The van der Waals surface area contributed by atoms with Gasteiger partial charge >= 0.3 is 0 Å². The van der Waals surface area contributed by atoms with E-state index in [-0.39, 0.29) is 6.04 Å². The summed E-state index contributed by atoms with van der Waals surface area (Å²) in [7, 11) is 1.70.